The zero-order valence-electron chi connectivity index (χ0n) is 8.88. The third-order valence-corrected chi connectivity index (χ3v) is 3.08. The van der Waals surface area contributed by atoms with Crippen molar-refractivity contribution in [2.24, 2.45) is 0 Å². The predicted molar refractivity (Wildman–Crippen MR) is 50.9 cm³/mol. The van der Waals surface area contributed by atoms with Gasteiger partial charge in [0.1, 0.15) is 17.6 Å². The van der Waals surface area contributed by atoms with Gasteiger partial charge in [0.25, 0.3) is 0 Å². The van der Waals surface area contributed by atoms with Gasteiger partial charge in [-0.2, -0.15) is 13.2 Å². The second kappa shape index (κ2) is 3.73. The van der Waals surface area contributed by atoms with Crippen LogP contribution in [0.1, 0.15) is 19.2 Å². The number of alkyl halides is 3. The van der Waals surface area contributed by atoms with E-state index >= 15 is 0 Å². The molecule has 1 fully saturated rings. The molecule has 4 nitrogen and oxygen atoms in total. The molecule has 0 radical (unpaired) electrons. The van der Waals surface area contributed by atoms with E-state index in [2.05, 4.69) is 15.5 Å². The summed E-state index contributed by atoms with van der Waals surface area (Å²) in [5.41, 5.74) is -1.88. The van der Waals surface area contributed by atoms with E-state index in [1.54, 1.807) is 6.92 Å². The molecule has 0 amide bonds. The van der Waals surface area contributed by atoms with Crippen molar-refractivity contribution in [1.29, 1.82) is 0 Å². The average Bonchev–Trinajstić information content (AvgIpc) is 2.85. The van der Waals surface area contributed by atoms with Gasteiger partial charge in [0.05, 0.1) is 0 Å². The summed E-state index contributed by atoms with van der Waals surface area (Å²) in [5, 5.41) is 10.0. The first kappa shape index (κ1) is 11.4. The second-order valence-corrected chi connectivity index (χ2v) is 3.95. The summed E-state index contributed by atoms with van der Waals surface area (Å²) in [4.78, 5) is 0. The van der Waals surface area contributed by atoms with Gasteiger partial charge in [0.15, 0.2) is 0 Å². The van der Waals surface area contributed by atoms with Crippen LogP contribution in [0.25, 0.3) is 0 Å². The maximum atomic E-state index is 13.2. The standard InChI is InChI=1S/C9H13F3N4/c1-2-16-6-14-15-7(16)8(9(10,11)12)3-4-13-5-8/h6,13H,2-5H2,1H3. The van der Waals surface area contributed by atoms with E-state index in [0.717, 1.165) is 0 Å². The number of aromatic nitrogens is 3. The zero-order valence-corrected chi connectivity index (χ0v) is 8.88. The molecule has 90 valence electrons. The molecule has 1 unspecified atom stereocenters. The van der Waals surface area contributed by atoms with Gasteiger partial charge in [0, 0.05) is 13.1 Å². The van der Waals surface area contributed by atoms with E-state index in [0.29, 0.717) is 13.1 Å². The Bertz CT molecular complexity index is 365. The van der Waals surface area contributed by atoms with E-state index in [-0.39, 0.29) is 18.8 Å². The van der Waals surface area contributed by atoms with Crippen molar-refractivity contribution in [1.82, 2.24) is 20.1 Å². The van der Waals surface area contributed by atoms with Crippen LogP contribution in [0, 0.1) is 0 Å². The molecule has 1 aliphatic heterocycles. The molecular weight excluding hydrogens is 221 g/mol. The minimum atomic E-state index is -4.30. The SMILES string of the molecule is CCn1cnnc1C1(C(F)(F)F)CCNC1. The highest BCUT2D eigenvalue weighted by molar-refractivity contribution is 5.16. The van der Waals surface area contributed by atoms with Gasteiger partial charge in [-0.15, -0.1) is 10.2 Å². The predicted octanol–water partition coefficient (Wildman–Crippen LogP) is 1.09. The van der Waals surface area contributed by atoms with Crippen molar-refractivity contribution in [2.45, 2.75) is 31.5 Å². The molecule has 2 heterocycles. The number of rotatable bonds is 2. The Morgan fingerprint density at radius 1 is 1.56 bits per heavy atom. The molecule has 1 aliphatic rings. The molecule has 1 saturated heterocycles. The Morgan fingerprint density at radius 2 is 2.31 bits per heavy atom. The van der Waals surface area contributed by atoms with E-state index in [4.69, 9.17) is 0 Å². The number of nitrogens with one attached hydrogen (secondary N) is 1. The second-order valence-electron chi connectivity index (χ2n) is 3.95. The first-order valence-corrected chi connectivity index (χ1v) is 5.17. The smallest absolute Gasteiger partial charge is 0.317 e. The molecule has 1 N–H and O–H groups in total. The van der Waals surface area contributed by atoms with Crippen LogP contribution in [-0.2, 0) is 12.0 Å². The molecule has 0 saturated carbocycles. The Hall–Kier alpha value is -1.11. The van der Waals surface area contributed by atoms with Crippen molar-refractivity contribution < 1.29 is 13.2 Å². The molecule has 0 aromatic carbocycles. The molecule has 2 rings (SSSR count). The number of hydrogen-bond donors (Lipinski definition) is 1. The summed E-state index contributed by atoms with van der Waals surface area (Å²) < 4.78 is 41.0. The molecule has 0 spiro atoms. The number of nitrogens with zero attached hydrogens (tertiary/aromatic N) is 3. The summed E-state index contributed by atoms with van der Waals surface area (Å²) in [6.45, 7) is 2.46. The molecule has 16 heavy (non-hydrogen) atoms. The van der Waals surface area contributed by atoms with Gasteiger partial charge in [-0.3, -0.25) is 0 Å². The minimum absolute atomic E-state index is 0.0208. The Labute approximate surface area is 90.9 Å². The van der Waals surface area contributed by atoms with Gasteiger partial charge in [-0.05, 0) is 19.9 Å². The van der Waals surface area contributed by atoms with Crippen LogP contribution in [0.5, 0.6) is 0 Å². The lowest BCUT2D eigenvalue weighted by molar-refractivity contribution is -0.188. The van der Waals surface area contributed by atoms with Gasteiger partial charge in [0.2, 0.25) is 0 Å². The highest BCUT2D eigenvalue weighted by Crippen LogP contribution is 2.44. The molecule has 1 aromatic heterocycles. The largest absolute Gasteiger partial charge is 0.402 e. The zero-order chi connectivity index (χ0) is 11.8. The monoisotopic (exact) mass is 234 g/mol. The third kappa shape index (κ3) is 1.50. The van der Waals surface area contributed by atoms with Crippen molar-refractivity contribution in [2.75, 3.05) is 13.1 Å². The topological polar surface area (TPSA) is 42.7 Å². The Balaban J connectivity index is 2.48. The fourth-order valence-electron chi connectivity index (χ4n) is 2.11. The van der Waals surface area contributed by atoms with Crippen LogP contribution in [0.3, 0.4) is 0 Å². The molecule has 0 bridgehead atoms. The molecule has 1 aromatic rings. The normalized spacial score (nSPS) is 26.2. The lowest BCUT2D eigenvalue weighted by Crippen LogP contribution is -2.46. The first-order chi connectivity index (χ1) is 7.51. The van der Waals surface area contributed by atoms with Crippen LogP contribution >= 0.6 is 0 Å². The highest BCUT2D eigenvalue weighted by atomic mass is 19.4. The van der Waals surface area contributed by atoms with E-state index < -0.39 is 11.6 Å². The van der Waals surface area contributed by atoms with Gasteiger partial charge < -0.3 is 9.88 Å². The fourth-order valence-corrected chi connectivity index (χ4v) is 2.11. The summed E-state index contributed by atoms with van der Waals surface area (Å²) in [5.74, 6) is 0.0208. The van der Waals surface area contributed by atoms with E-state index in [1.807, 2.05) is 0 Å². The fraction of sp³-hybridized carbons (Fsp3) is 0.778. The quantitative estimate of drug-likeness (QED) is 0.833. The number of halogens is 3. The molecule has 7 heteroatoms. The third-order valence-electron chi connectivity index (χ3n) is 3.08. The molecule has 0 aliphatic carbocycles. The lowest BCUT2D eigenvalue weighted by Gasteiger charge is -2.29. The maximum absolute atomic E-state index is 13.2. The van der Waals surface area contributed by atoms with Crippen LogP contribution in [0.15, 0.2) is 6.33 Å². The van der Waals surface area contributed by atoms with Crippen molar-refractivity contribution in [3.63, 3.8) is 0 Å². The van der Waals surface area contributed by atoms with Gasteiger partial charge in [-0.1, -0.05) is 0 Å². The van der Waals surface area contributed by atoms with Gasteiger partial charge >= 0.3 is 6.18 Å². The average molecular weight is 234 g/mol. The number of aryl methyl sites for hydroxylation is 1. The maximum Gasteiger partial charge on any atom is 0.402 e. The summed E-state index contributed by atoms with van der Waals surface area (Å²) in [6.07, 6.45) is -2.92. The van der Waals surface area contributed by atoms with Crippen LogP contribution in [0.2, 0.25) is 0 Å². The van der Waals surface area contributed by atoms with Crippen molar-refractivity contribution in [3.8, 4) is 0 Å². The van der Waals surface area contributed by atoms with Crippen LogP contribution in [-0.4, -0.2) is 34.0 Å². The summed E-state index contributed by atoms with van der Waals surface area (Å²) in [6, 6.07) is 0. The summed E-state index contributed by atoms with van der Waals surface area (Å²) in [7, 11) is 0. The lowest BCUT2D eigenvalue weighted by atomic mass is 9.85. The van der Waals surface area contributed by atoms with Crippen molar-refractivity contribution >= 4 is 0 Å². The summed E-state index contributed by atoms with van der Waals surface area (Å²) >= 11 is 0. The number of hydrogen-bond acceptors (Lipinski definition) is 3. The Morgan fingerprint density at radius 3 is 2.81 bits per heavy atom. The van der Waals surface area contributed by atoms with Gasteiger partial charge in [-0.25, -0.2) is 0 Å². The minimum Gasteiger partial charge on any atom is -0.317 e. The van der Waals surface area contributed by atoms with E-state index in [9.17, 15) is 13.2 Å². The Kier molecular flexibility index (Phi) is 2.65. The van der Waals surface area contributed by atoms with Crippen LogP contribution < -0.4 is 5.32 Å². The molecule has 1 atom stereocenters. The van der Waals surface area contributed by atoms with Crippen molar-refractivity contribution in [3.05, 3.63) is 12.2 Å². The molecular formula is C9H13F3N4. The van der Waals surface area contributed by atoms with E-state index in [1.165, 1.54) is 10.9 Å². The first-order valence-electron chi connectivity index (χ1n) is 5.17. The van der Waals surface area contributed by atoms with Crippen LogP contribution in [0.4, 0.5) is 13.2 Å². The highest BCUT2D eigenvalue weighted by Gasteiger charge is 2.59.